The van der Waals surface area contributed by atoms with E-state index >= 15 is 0 Å². The molecule has 0 aromatic carbocycles. The first-order chi connectivity index (χ1) is 8.25. The molecule has 1 N–H and O–H groups in total. The first-order valence-electron chi connectivity index (χ1n) is 5.87. The Balaban J connectivity index is 2.05. The molecular weight excluding hydrogens is 216 g/mol. The van der Waals surface area contributed by atoms with Crippen LogP contribution in [0.25, 0.3) is 11.4 Å². The lowest BCUT2D eigenvalue weighted by Crippen LogP contribution is -2.15. The molecule has 0 bridgehead atoms. The van der Waals surface area contributed by atoms with E-state index in [-0.39, 0.29) is 0 Å². The van der Waals surface area contributed by atoms with Gasteiger partial charge in [-0.3, -0.25) is 4.68 Å². The largest absolute Gasteiger partial charge is 0.315 e. The van der Waals surface area contributed by atoms with Gasteiger partial charge in [0.15, 0.2) is 5.82 Å². The summed E-state index contributed by atoms with van der Waals surface area (Å²) in [6, 6.07) is 0.459. The van der Waals surface area contributed by atoms with Crippen molar-refractivity contribution in [2.45, 2.75) is 19.4 Å². The van der Waals surface area contributed by atoms with Gasteiger partial charge in [-0.25, -0.2) is 0 Å². The van der Waals surface area contributed by atoms with E-state index in [0.717, 1.165) is 36.7 Å². The third-order valence-electron chi connectivity index (χ3n) is 3.23. The van der Waals surface area contributed by atoms with Gasteiger partial charge in [0.05, 0.1) is 17.8 Å². The summed E-state index contributed by atoms with van der Waals surface area (Å²) in [5.74, 6) is 1.89. The Morgan fingerprint density at radius 2 is 2.29 bits per heavy atom. The van der Waals surface area contributed by atoms with Crippen molar-refractivity contribution in [1.82, 2.24) is 29.9 Å². The minimum Gasteiger partial charge on any atom is -0.315 e. The molecule has 1 aliphatic rings. The van der Waals surface area contributed by atoms with E-state index in [1.807, 2.05) is 26.4 Å². The van der Waals surface area contributed by atoms with Crippen molar-refractivity contribution in [2.24, 2.45) is 7.05 Å². The molecule has 6 nitrogen and oxygen atoms in total. The molecule has 0 saturated carbocycles. The number of hydrogen-bond donors (Lipinski definition) is 1. The van der Waals surface area contributed by atoms with Crippen LogP contribution >= 0.6 is 0 Å². The topological polar surface area (TPSA) is 60.6 Å². The first-order valence-corrected chi connectivity index (χ1v) is 5.87. The number of hydrogen-bond acceptors (Lipinski definition) is 4. The van der Waals surface area contributed by atoms with Crippen molar-refractivity contribution in [1.29, 1.82) is 0 Å². The second-order valence-corrected chi connectivity index (χ2v) is 4.49. The molecule has 1 atom stereocenters. The highest BCUT2D eigenvalue weighted by Gasteiger charge is 2.23. The quantitative estimate of drug-likeness (QED) is 0.820. The van der Waals surface area contributed by atoms with Gasteiger partial charge in [0, 0.05) is 19.8 Å². The summed E-state index contributed by atoms with van der Waals surface area (Å²) in [5, 5.41) is 16.0. The second kappa shape index (κ2) is 3.96. The molecule has 3 heterocycles. The minimum absolute atomic E-state index is 0.459. The summed E-state index contributed by atoms with van der Waals surface area (Å²) in [6.07, 6.45) is 4.94. The van der Waals surface area contributed by atoms with Crippen LogP contribution in [0.5, 0.6) is 0 Å². The highest BCUT2D eigenvalue weighted by molar-refractivity contribution is 5.52. The van der Waals surface area contributed by atoms with Crippen molar-refractivity contribution >= 4 is 0 Å². The Hall–Kier alpha value is -1.69. The lowest BCUT2D eigenvalue weighted by molar-refractivity contribution is 0.537. The van der Waals surface area contributed by atoms with Crippen LogP contribution in [0.15, 0.2) is 12.4 Å². The molecule has 17 heavy (non-hydrogen) atoms. The molecule has 0 spiro atoms. The van der Waals surface area contributed by atoms with Gasteiger partial charge in [-0.1, -0.05) is 0 Å². The van der Waals surface area contributed by atoms with Crippen LogP contribution in [0.2, 0.25) is 0 Å². The molecule has 0 radical (unpaired) electrons. The third-order valence-corrected chi connectivity index (χ3v) is 3.23. The van der Waals surface area contributed by atoms with Gasteiger partial charge < -0.3 is 9.88 Å². The highest BCUT2D eigenvalue weighted by atomic mass is 15.3. The van der Waals surface area contributed by atoms with Gasteiger partial charge in [-0.2, -0.15) is 5.10 Å². The van der Waals surface area contributed by atoms with Gasteiger partial charge in [0.25, 0.3) is 0 Å². The van der Waals surface area contributed by atoms with Crippen molar-refractivity contribution in [3.05, 3.63) is 18.2 Å². The molecule has 1 unspecified atom stereocenters. The fraction of sp³-hybridized carbons (Fsp3) is 0.545. The maximum absolute atomic E-state index is 4.28. The molecule has 6 heteroatoms. The normalized spacial score (nSPS) is 20.0. The van der Waals surface area contributed by atoms with E-state index in [4.69, 9.17) is 0 Å². The van der Waals surface area contributed by atoms with Gasteiger partial charge >= 0.3 is 0 Å². The van der Waals surface area contributed by atoms with E-state index in [0.29, 0.717) is 6.04 Å². The summed E-state index contributed by atoms with van der Waals surface area (Å²) in [7, 11) is 1.91. The number of aryl methyl sites for hydroxylation is 2. The van der Waals surface area contributed by atoms with Gasteiger partial charge in [0.2, 0.25) is 0 Å². The maximum atomic E-state index is 4.28. The summed E-state index contributed by atoms with van der Waals surface area (Å²) >= 11 is 0. The second-order valence-electron chi connectivity index (χ2n) is 4.49. The monoisotopic (exact) mass is 232 g/mol. The molecular formula is C11H16N6. The smallest absolute Gasteiger partial charge is 0.167 e. The molecule has 1 saturated heterocycles. The van der Waals surface area contributed by atoms with Crippen LogP contribution < -0.4 is 5.32 Å². The van der Waals surface area contributed by atoms with Gasteiger partial charge in [0.1, 0.15) is 5.82 Å². The van der Waals surface area contributed by atoms with Crippen LogP contribution in [-0.4, -0.2) is 37.6 Å². The summed E-state index contributed by atoms with van der Waals surface area (Å²) < 4.78 is 4.01. The Morgan fingerprint density at radius 3 is 2.94 bits per heavy atom. The van der Waals surface area contributed by atoms with E-state index in [1.54, 1.807) is 4.68 Å². The van der Waals surface area contributed by atoms with Crippen LogP contribution in [0, 0.1) is 6.92 Å². The zero-order valence-electron chi connectivity index (χ0n) is 10.1. The number of aromatic nitrogens is 5. The minimum atomic E-state index is 0.459. The lowest BCUT2D eigenvalue weighted by Gasteiger charge is -2.14. The number of nitrogens with one attached hydrogen (secondary N) is 1. The van der Waals surface area contributed by atoms with Gasteiger partial charge in [-0.15, -0.1) is 10.2 Å². The standard InChI is InChI=1S/C11H16N6/c1-8-14-15-11(9-5-13-16(2)7-9)17(8)10-3-4-12-6-10/h5,7,10,12H,3-4,6H2,1-2H3. The molecule has 0 aliphatic carbocycles. The van der Waals surface area contributed by atoms with Crippen LogP contribution in [0.4, 0.5) is 0 Å². The average Bonchev–Trinajstić information content (AvgIpc) is 2.97. The maximum Gasteiger partial charge on any atom is 0.167 e. The Bertz CT molecular complexity index is 520. The van der Waals surface area contributed by atoms with E-state index < -0.39 is 0 Å². The Kier molecular flexibility index (Phi) is 2.44. The van der Waals surface area contributed by atoms with Crippen LogP contribution in [0.1, 0.15) is 18.3 Å². The van der Waals surface area contributed by atoms with E-state index in [1.165, 1.54) is 0 Å². The van der Waals surface area contributed by atoms with E-state index in [2.05, 4.69) is 25.2 Å². The first kappa shape index (κ1) is 10.5. The lowest BCUT2D eigenvalue weighted by atomic mass is 10.2. The van der Waals surface area contributed by atoms with Gasteiger partial charge in [-0.05, 0) is 19.9 Å². The van der Waals surface area contributed by atoms with Crippen molar-refractivity contribution in [3.8, 4) is 11.4 Å². The predicted molar refractivity (Wildman–Crippen MR) is 63.5 cm³/mol. The number of rotatable bonds is 2. The fourth-order valence-electron chi connectivity index (χ4n) is 2.40. The molecule has 0 amide bonds. The molecule has 1 aliphatic heterocycles. The molecule has 1 fully saturated rings. The third kappa shape index (κ3) is 1.74. The van der Waals surface area contributed by atoms with E-state index in [9.17, 15) is 0 Å². The fourth-order valence-corrected chi connectivity index (χ4v) is 2.40. The Labute approximate surface area is 99.7 Å². The highest BCUT2D eigenvalue weighted by Crippen LogP contribution is 2.25. The number of nitrogens with zero attached hydrogens (tertiary/aromatic N) is 5. The van der Waals surface area contributed by atoms with Crippen LogP contribution in [0.3, 0.4) is 0 Å². The summed E-state index contributed by atoms with van der Waals surface area (Å²) in [4.78, 5) is 0. The summed E-state index contributed by atoms with van der Waals surface area (Å²) in [5.41, 5.74) is 1.03. The zero-order chi connectivity index (χ0) is 11.8. The van der Waals surface area contributed by atoms with Crippen molar-refractivity contribution in [2.75, 3.05) is 13.1 Å². The molecule has 90 valence electrons. The van der Waals surface area contributed by atoms with Crippen molar-refractivity contribution < 1.29 is 0 Å². The Morgan fingerprint density at radius 1 is 1.41 bits per heavy atom. The zero-order valence-corrected chi connectivity index (χ0v) is 10.1. The summed E-state index contributed by atoms with van der Waals surface area (Å²) in [6.45, 7) is 4.06. The van der Waals surface area contributed by atoms with Crippen molar-refractivity contribution in [3.63, 3.8) is 0 Å². The average molecular weight is 232 g/mol. The molecule has 3 rings (SSSR count). The van der Waals surface area contributed by atoms with Crippen LogP contribution in [-0.2, 0) is 7.05 Å². The molecule has 2 aromatic heterocycles. The SMILES string of the molecule is Cc1nnc(-c2cnn(C)c2)n1C1CCNC1. The predicted octanol–water partition coefficient (Wildman–Crippen LogP) is 0.521. The molecule has 2 aromatic rings.